The maximum atomic E-state index is 14.1. The fourth-order valence-electron chi connectivity index (χ4n) is 2.32. The van der Waals surface area contributed by atoms with Gasteiger partial charge in [0.2, 0.25) is 5.75 Å². The molecule has 0 atom stereocenters. The summed E-state index contributed by atoms with van der Waals surface area (Å²) in [5, 5.41) is 4.91. The van der Waals surface area contributed by atoms with Crippen LogP contribution in [0.3, 0.4) is 0 Å². The molecule has 0 saturated carbocycles. The summed E-state index contributed by atoms with van der Waals surface area (Å²) in [5.41, 5.74) is -5.36. The van der Waals surface area contributed by atoms with E-state index in [-0.39, 0.29) is 11.6 Å². The third-order valence-corrected chi connectivity index (χ3v) is 4.09. The van der Waals surface area contributed by atoms with Gasteiger partial charge in [0.15, 0.2) is 5.69 Å². The van der Waals surface area contributed by atoms with Crippen LogP contribution in [0.4, 0.5) is 35.1 Å². The fourth-order valence-corrected chi connectivity index (χ4v) is 2.55. The second-order valence-electron chi connectivity index (χ2n) is 5.89. The van der Waals surface area contributed by atoms with Gasteiger partial charge in [0.05, 0.1) is 22.3 Å². The molecule has 0 aliphatic rings. The van der Waals surface area contributed by atoms with Gasteiger partial charge >= 0.3 is 18.3 Å². The molecule has 0 bridgehead atoms. The van der Waals surface area contributed by atoms with Crippen LogP contribution >= 0.6 is 11.6 Å². The van der Waals surface area contributed by atoms with E-state index in [0.29, 0.717) is 6.07 Å². The lowest BCUT2D eigenvalue weighted by Gasteiger charge is -2.21. The molecular formula is C16H7ClF8N4O2. The molecule has 2 aromatic heterocycles. The van der Waals surface area contributed by atoms with E-state index in [2.05, 4.69) is 15.2 Å². The van der Waals surface area contributed by atoms with Crippen molar-refractivity contribution in [3.8, 4) is 22.9 Å². The van der Waals surface area contributed by atoms with Crippen LogP contribution in [0.15, 0.2) is 35.4 Å². The number of benzene rings is 1. The normalized spacial score (nSPS) is 12.8. The third kappa shape index (κ3) is 4.33. The Morgan fingerprint density at radius 2 is 1.71 bits per heavy atom. The van der Waals surface area contributed by atoms with Crippen molar-refractivity contribution in [3.63, 3.8) is 0 Å². The third-order valence-electron chi connectivity index (χ3n) is 3.77. The topological polar surface area (TPSA) is 83.7 Å². The molecule has 0 spiro atoms. The van der Waals surface area contributed by atoms with Crippen molar-refractivity contribution in [2.45, 2.75) is 18.3 Å². The van der Waals surface area contributed by atoms with Crippen LogP contribution in [-0.4, -0.2) is 26.3 Å². The molecule has 0 fully saturated rings. The number of aromatic nitrogens is 4. The average molecular weight is 475 g/mol. The predicted molar refractivity (Wildman–Crippen MR) is 88.9 cm³/mol. The number of hydrogen-bond donors (Lipinski definition) is 2. The summed E-state index contributed by atoms with van der Waals surface area (Å²) < 4.78 is 111. The Labute approximate surface area is 170 Å². The zero-order valence-electron chi connectivity index (χ0n) is 14.5. The Bertz CT molecular complexity index is 1160. The largest absolute Gasteiger partial charge is 0.459 e. The first-order chi connectivity index (χ1) is 14.2. The Kier molecular flexibility index (Phi) is 5.46. The highest BCUT2D eigenvalue weighted by atomic mass is 35.5. The summed E-state index contributed by atoms with van der Waals surface area (Å²) in [5.74, 6) is -8.92. The number of nitrogens with zero attached hydrogens (tertiary/aromatic N) is 2. The summed E-state index contributed by atoms with van der Waals surface area (Å²) in [7, 11) is 0. The van der Waals surface area contributed by atoms with Crippen molar-refractivity contribution in [2.24, 2.45) is 0 Å². The minimum Gasteiger partial charge on any atom is -0.449 e. The van der Waals surface area contributed by atoms with Gasteiger partial charge in [0.1, 0.15) is 11.6 Å². The highest BCUT2D eigenvalue weighted by Gasteiger charge is 2.62. The molecule has 166 valence electrons. The van der Waals surface area contributed by atoms with Crippen LogP contribution in [0.2, 0.25) is 5.02 Å². The van der Waals surface area contributed by atoms with Crippen molar-refractivity contribution >= 4 is 11.6 Å². The smallest absolute Gasteiger partial charge is 0.449 e. The lowest BCUT2D eigenvalue weighted by Crippen LogP contribution is -2.36. The van der Waals surface area contributed by atoms with Crippen LogP contribution in [0.25, 0.3) is 11.4 Å². The van der Waals surface area contributed by atoms with Gasteiger partial charge in [-0.1, -0.05) is 11.6 Å². The minimum atomic E-state index is -6.20. The second-order valence-corrected chi connectivity index (χ2v) is 6.30. The predicted octanol–water partition coefficient (Wildman–Crippen LogP) is 5.28. The number of rotatable bonds is 4. The number of alkyl halides is 8. The van der Waals surface area contributed by atoms with E-state index >= 15 is 0 Å². The molecule has 0 saturated heterocycles. The van der Waals surface area contributed by atoms with Crippen molar-refractivity contribution < 1.29 is 39.9 Å². The maximum Gasteiger partial charge on any atom is 0.459 e. The number of H-pyrrole nitrogens is 2. The Morgan fingerprint density at radius 3 is 2.26 bits per heavy atom. The zero-order valence-corrected chi connectivity index (χ0v) is 15.3. The van der Waals surface area contributed by atoms with Gasteiger partial charge in [-0.3, -0.25) is 9.89 Å². The van der Waals surface area contributed by atoms with Crippen molar-refractivity contribution in [1.82, 2.24) is 20.2 Å². The highest BCUT2D eigenvalue weighted by Crippen LogP contribution is 2.46. The molecule has 0 unspecified atom stereocenters. The maximum absolute atomic E-state index is 14.1. The summed E-state index contributed by atoms with van der Waals surface area (Å²) in [6, 6.07) is 1.65. The fraction of sp³-hybridized carbons (Fsp3) is 0.188. The van der Waals surface area contributed by atoms with E-state index in [1.165, 1.54) is 0 Å². The van der Waals surface area contributed by atoms with E-state index in [1.807, 2.05) is 4.98 Å². The Morgan fingerprint density at radius 1 is 1.03 bits per heavy atom. The molecule has 3 aromatic rings. The van der Waals surface area contributed by atoms with Gasteiger partial charge in [-0.25, -0.2) is 4.98 Å². The van der Waals surface area contributed by atoms with Crippen LogP contribution in [0, 0.1) is 0 Å². The highest BCUT2D eigenvalue weighted by molar-refractivity contribution is 6.31. The standard InChI is InChI=1S/C16H7ClF8N4O2/c17-9-2-1-7(3-8(9)15(20,21)22)31-10-11(14(18,19)16(23,24)25)28-12(29-13(10)30)6-4-26-27-5-6/h1-5H,(H,26,27)(H,28,29,30). The van der Waals surface area contributed by atoms with Crippen LogP contribution in [0.1, 0.15) is 11.3 Å². The van der Waals surface area contributed by atoms with E-state index in [4.69, 9.17) is 16.3 Å². The molecule has 6 nitrogen and oxygen atoms in total. The minimum absolute atomic E-state index is 0.145. The second kappa shape index (κ2) is 7.51. The average Bonchev–Trinajstić information content (AvgIpc) is 3.17. The number of aromatic amines is 2. The number of ether oxygens (including phenoxy) is 1. The SMILES string of the molecule is O=c1[nH]c(-c2cn[nH]c2)nc(C(F)(F)C(F)(F)F)c1Oc1ccc(Cl)c(C(F)(F)F)c1. The summed E-state index contributed by atoms with van der Waals surface area (Å²) in [6.07, 6.45) is -9.17. The number of nitrogens with one attached hydrogen (secondary N) is 2. The molecule has 0 amide bonds. The molecule has 3 rings (SSSR count). The van der Waals surface area contributed by atoms with Gasteiger partial charge in [0.25, 0.3) is 5.56 Å². The van der Waals surface area contributed by atoms with Crippen LogP contribution in [0.5, 0.6) is 11.5 Å². The van der Waals surface area contributed by atoms with Crippen molar-refractivity contribution in [3.05, 3.63) is 57.2 Å². The number of hydrogen-bond acceptors (Lipinski definition) is 4. The first-order valence-electron chi connectivity index (χ1n) is 7.85. The van der Waals surface area contributed by atoms with Gasteiger partial charge in [-0.2, -0.15) is 40.2 Å². The first kappa shape index (κ1) is 22.5. The molecule has 1 aromatic carbocycles. The molecule has 0 radical (unpaired) electrons. The quantitative estimate of drug-likeness (QED) is 0.504. The molecule has 0 aliphatic heterocycles. The van der Waals surface area contributed by atoms with Gasteiger partial charge in [-0.15, -0.1) is 0 Å². The summed E-state index contributed by atoms with van der Waals surface area (Å²) in [6.45, 7) is 0. The molecular weight excluding hydrogens is 468 g/mol. The molecule has 0 aliphatic carbocycles. The van der Waals surface area contributed by atoms with E-state index in [1.54, 1.807) is 0 Å². The lowest BCUT2D eigenvalue weighted by molar-refractivity contribution is -0.291. The van der Waals surface area contributed by atoms with Gasteiger partial charge in [0, 0.05) is 6.20 Å². The van der Waals surface area contributed by atoms with Gasteiger partial charge in [-0.05, 0) is 18.2 Å². The van der Waals surface area contributed by atoms with Crippen molar-refractivity contribution in [1.29, 1.82) is 0 Å². The molecule has 2 N–H and O–H groups in total. The monoisotopic (exact) mass is 474 g/mol. The summed E-state index contributed by atoms with van der Waals surface area (Å²) in [4.78, 5) is 17.3. The molecule has 15 heteroatoms. The van der Waals surface area contributed by atoms with Crippen molar-refractivity contribution in [2.75, 3.05) is 0 Å². The number of halogens is 9. The molecule has 31 heavy (non-hydrogen) atoms. The van der Waals surface area contributed by atoms with E-state index in [0.717, 1.165) is 18.5 Å². The Hall–Kier alpha value is -3.16. The van der Waals surface area contributed by atoms with Gasteiger partial charge < -0.3 is 9.72 Å². The van der Waals surface area contributed by atoms with E-state index < -0.39 is 57.4 Å². The lowest BCUT2D eigenvalue weighted by atomic mass is 10.1. The summed E-state index contributed by atoms with van der Waals surface area (Å²) >= 11 is 5.42. The van der Waals surface area contributed by atoms with Crippen LogP contribution < -0.4 is 10.3 Å². The first-order valence-corrected chi connectivity index (χ1v) is 8.22. The zero-order chi connectivity index (χ0) is 23.2. The van der Waals surface area contributed by atoms with Crippen LogP contribution in [-0.2, 0) is 12.1 Å². The Balaban J connectivity index is 2.20. The molecule has 2 heterocycles. The van der Waals surface area contributed by atoms with E-state index in [9.17, 15) is 39.9 Å².